The maximum Gasteiger partial charge on any atom is 0.339 e. The highest BCUT2D eigenvalue weighted by Gasteiger charge is 2.21. The number of ether oxygens (including phenoxy) is 1. The van der Waals surface area contributed by atoms with E-state index < -0.39 is 12.1 Å². The first-order valence-electron chi connectivity index (χ1n) is 8.36. The standard InChI is InChI=1S/C21H25NO3/c1-12-7-8-14(3)18(11-12)21(24)25-17(6)20(23)22-19-15(4)9-13(2)10-16(19)5/h7-11,17H,1-6H3,(H,22,23)/t17-/m0/s1. The molecular weight excluding hydrogens is 314 g/mol. The number of amides is 1. The van der Waals surface area contributed by atoms with Crippen LogP contribution in [-0.2, 0) is 9.53 Å². The number of hydrogen-bond donors (Lipinski definition) is 1. The fraction of sp³-hybridized carbons (Fsp3) is 0.333. The molecule has 1 N–H and O–H groups in total. The van der Waals surface area contributed by atoms with E-state index in [2.05, 4.69) is 5.32 Å². The lowest BCUT2D eigenvalue weighted by molar-refractivity contribution is -0.123. The Morgan fingerprint density at radius 1 is 0.880 bits per heavy atom. The van der Waals surface area contributed by atoms with Crippen LogP contribution in [0.5, 0.6) is 0 Å². The van der Waals surface area contributed by atoms with Crippen LogP contribution in [0.3, 0.4) is 0 Å². The quantitative estimate of drug-likeness (QED) is 0.839. The lowest BCUT2D eigenvalue weighted by Gasteiger charge is -2.17. The number of carbonyl (C=O) groups is 2. The average molecular weight is 339 g/mol. The predicted molar refractivity (Wildman–Crippen MR) is 100 cm³/mol. The summed E-state index contributed by atoms with van der Waals surface area (Å²) in [5.41, 5.74) is 6.17. The first-order valence-corrected chi connectivity index (χ1v) is 8.36. The van der Waals surface area contributed by atoms with Crippen molar-refractivity contribution in [1.29, 1.82) is 0 Å². The van der Waals surface area contributed by atoms with E-state index in [1.165, 1.54) is 0 Å². The molecule has 0 fully saturated rings. The minimum Gasteiger partial charge on any atom is -0.449 e. The van der Waals surface area contributed by atoms with Crippen LogP contribution in [0, 0.1) is 34.6 Å². The fourth-order valence-electron chi connectivity index (χ4n) is 2.84. The van der Waals surface area contributed by atoms with Gasteiger partial charge in [-0.05, 0) is 64.3 Å². The topological polar surface area (TPSA) is 55.4 Å². The van der Waals surface area contributed by atoms with Crippen LogP contribution in [0.2, 0.25) is 0 Å². The minimum absolute atomic E-state index is 0.339. The predicted octanol–water partition coefficient (Wildman–Crippen LogP) is 4.41. The number of hydrogen-bond acceptors (Lipinski definition) is 3. The van der Waals surface area contributed by atoms with Crippen molar-refractivity contribution in [2.75, 3.05) is 5.32 Å². The lowest BCUT2D eigenvalue weighted by Crippen LogP contribution is -2.30. The third-order valence-corrected chi connectivity index (χ3v) is 4.19. The van der Waals surface area contributed by atoms with Gasteiger partial charge >= 0.3 is 5.97 Å². The van der Waals surface area contributed by atoms with Gasteiger partial charge in [0.2, 0.25) is 0 Å². The molecule has 1 atom stereocenters. The van der Waals surface area contributed by atoms with Gasteiger partial charge in [-0.25, -0.2) is 4.79 Å². The summed E-state index contributed by atoms with van der Waals surface area (Å²) in [7, 11) is 0. The molecule has 0 bridgehead atoms. The summed E-state index contributed by atoms with van der Waals surface area (Å²) in [5.74, 6) is -0.824. The zero-order valence-corrected chi connectivity index (χ0v) is 15.7. The normalized spacial score (nSPS) is 11.8. The molecule has 4 nitrogen and oxygen atoms in total. The number of esters is 1. The molecule has 2 aromatic rings. The summed E-state index contributed by atoms with van der Waals surface area (Å²) >= 11 is 0. The molecule has 0 aliphatic carbocycles. The van der Waals surface area contributed by atoms with E-state index in [0.29, 0.717) is 5.56 Å². The summed E-state index contributed by atoms with van der Waals surface area (Å²) in [4.78, 5) is 24.8. The highest BCUT2D eigenvalue weighted by atomic mass is 16.5. The van der Waals surface area contributed by atoms with Crippen LogP contribution >= 0.6 is 0 Å². The van der Waals surface area contributed by atoms with Crippen LogP contribution in [0.25, 0.3) is 0 Å². The van der Waals surface area contributed by atoms with E-state index in [4.69, 9.17) is 4.74 Å². The van der Waals surface area contributed by atoms with Gasteiger partial charge in [0, 0.05) is 5.69 Å². The van der Waals surface area contributed by atoms with E-state index in [1.54, 1.807) is 13.0 Å². The van der Waals surface area contributed by atoms with Crippen molar-refractivity contribution in [3.05, 3.63) is 63.7 Å². The molecule has 4 heteroatoms. The van der Waals surface area contributed by atoms with E-state index >= 15 is 0 Å². The molecular formula is C21H25NO3. The third-order valence-electron chi connectivity index (χ3n) is 4.19. The Bertz CT molecular complexity index is 801. The molecule has 0 saturated carbocycles. The third kappa shape index (κ3) is 4.47. The Hall–Kier alpha value is -2.62. The summed E-state index contributed by atoms with van der Waals surface area (Å²) in [5, 5.41) is 2.87. The second-order valence-electron chi connectivity index (χ2n) is 6.63. The highest BCUT2D eigenvalue weighted by molar-refractivity contribution is 5.98. The highest BCUT2D eigenvalue weighted by Crippen LogP contribution is 2.22. The second kappa shape index (κ2) is 7.51. The molecule has 0 spiro atoms. The molecule has 2 aromatic carbocycles. The number of carbonyl (C=O) groups excluding carboxylic acids is 2. The van der Waals surface area contributed by atoms with Crippen LogP contribution in [0.4, 0.5) is 5.69 Å². The summed E-state index contributed by atoms with van der Waals surface area (Å²) in [6.45, 7) is 11.2. The molecule has 2 rings (SSSR count). The molecule has 25 heavy (non-hydrogen) atoms. The Morgan fingerprint density at radius 3 is 2.08 bits per heavy atom. The van der Waals surface area contributed by atoms with Crippen LogP contribution < -0.4 is 5.32 Å². The average Bonchev–Trinajstić information content (AvgIpc) is 2.52. The number of benzene rings is 2. The zero-order chi connectivity index (χ0) is 18.7. The molecule has 0 aromatic heterocycles. The second-order valence-corrected chi connectivity index (χ2v) is 6.63. The van der Waals surface area contributed by atoms with Gasteiger partial charge in [0.15, 0.2) is 6.10 Å². The van der Waals surface area contributed by atoms with Gasteiger partial charge in [0.05, 0.1) is 5.56 Å². The monoisotopic (exact) mass is 339 g/mol. The van der Waals surface area contributed by atoms with E-state index in [0.717, 1.165) is 33.5 Å². The Labute approximate surface area is 149 Å². The van der Waals surface area contributed by atoms with Crippen molar-refractivity contribution < 1.29 is 14.3 Å². The molecule has 1 amide bonds. The maximum atomic E-state index is 12.4. The molecule has 0 radical (unpaired) electrons. The Morgan fingerprint density at radius 2 is 1.48 bits per heavy atom. The fourth-order valence-corrected chi connectivity index (χ4v) is 2.84. The van der Waals surface area contributed by atoms with Gasteiger partial charge in [-0.3, -0.25) is 4.79 Å². The van der Waals surface area contributed by atoms with Crippen LogP contribution in [0.15, 0.2) is 30.3 Å². The molecule has 0 heterocycles. The van der Waals surface area contributed by atoms with Crippen LogP contribution in [-0.4, -0.2) is 18.0 Å². The van der Waals surface area contributed by atoms with Gasteiger partial charge in [0.1, 0.15) is 0 Å². The van der Waals surface area contributed by atoms with Gasteiger partial charge < -0.3 is 10.1 Å². The summed E-state index contributed by atoms with van der Waals surface area (Å²) in [6.07, 6.45) is -0.882. The van der Waals surface area contributed by atoms with E-state index in [9.17, 15) is 9.59 Å². The van der Waals surface area contributed by atoms with Crippen molar-refractivity contribution in [1.82, 2.24) is 0 Å². The van der Waals surface area contributed by atoms with E-state index in [1.807, 2.05) is 58.9 Å². The number of rotatable bonds is 4. The lowest BCUT2D eigenvalue weighted by atomic mass is 10.0. The van der Waals surface area contributed by atoms with Crippen molar-refractivity contribution in [2.45, 2.75) is 47.6 Å². The molecule has 0 unspecified atom stereocenters. The number of aryl methyl sites for hydroxylation is 5. The van der Waals surface area contributed by atoms with Crippen molar-refractivity contribution in [3.8, 4) is 0 Å². The van der Waals surface area contributed by atoms with Gasteiger partial charge in [-0.1, -0.05) is 35.4 Å². The zero-order valence-electron chi connectivity index (χ0n) is 15.7. The summed E-state index contributed by atoms with van der Waals surface area (Å²) in [6, 6.07) is 9.60. The smallest absolute Gasteiger partial charge is 0.339 e. The number of nitrogens with one attached hydrogen (secondary N) is 1. The SMILES string of the molecule is Cc1cc(C)c(NC(=O)[C@H](C)OC(=O)c2cc(C)ccc2C)c(C)c1. The maximum absolute atomic E-state index is 12.4. The molecule has 0 aliphatic heterocycles. The first-order chi connectivity index (χ1) is 11.7. The largest absolute Gasteiger partial charge is 0.449 e. The molecule has 0 aliphatic rings. The van der Waals surface area contributed by atoms with Gasteiger partial charge in [0.25, 0.3) is 5.91 Å². The van der Waals surface area contributed by atoms with Crippen molar-refractivity contribution >= 4 is 17.6 Å². The van der Waals surface area contributed by atoms with E-state index in [-0.39, 0.29) is 5.91 Å². The Kier molecular flexibility index (Phi) is 5.62. The van der Waals surface area contributed by atoms with Crippen molar-refractivity contribution in [2.24, 2.45) is 0 Å². The molecule has 0 saturated heterocycles. The van der Waals surface area contributed by atoms with Gasteiger partial charge in [-0.2, -0.15) is 0 Å². The van der Waals surface area contributed by atoms with Crippen LogP contribution in [0.1, 0.15) is 45.1 Å². The Balaban J connectivity index is 2.10. The number of anilines is 1. The first kappa shape index (κ1) is 18.7. The molecule has 132 valence electrons. The summed E-state index contributed by atoms with van der Waals surface area (Å²) < 4.78 is 5.36. The van der Waals surface area contributed by atoms with Gasteiger partial charge in [-0.15, -0.1) is 0 Å². The van der Waals surface area contributed by atoms with Crippen molar-refractivity contribution in [3.63, 3.8) is 0 Å². The minimum atomic E-state index is -0.882.